The van der Waals surface area contributed by atoms with E-state index < -0.39 is 0 Å². The summed E-state index contributed by atoms with van der Waals surface area (Å²) >= 11 is 1.35. The summed E-state index contributed by atoms with van der Waals surface area (Å²) in [7, 11) is 0. The molecule has 2 amide bonds. The van der Waals surface area contributed by atoms with Gasteiger partial charge < -0.3 is 20.4 Å². The Hall–Kier alpha value is -2.39. The number of nitrogens with one attached hydrogen (secondary N) is 1. The van der Waals surface area contributed by atoms with Crippen molar-refractivity contribution in [1.29, 1.82) is 0 Å². The lowest BCUT2D eigenvalue weighted by Crippen LogP contribution is -2.30. The fraction of sp³-hybridized carbons (Fsp3) is 0.545. The molecular formula is C22H31N5O3S. The van der Waals surface area contributed by atoms with Gasteiger partial charge in [0.1, 0.15) is 5.82 Å². The number of hydrogen-bond donors (Lipinski definition) is 2. The normalized spacial score (nSPS) is 16.9. The van der Waals surface area contributed by atoms with Gasteiger partial charge >= 0.3 is 0 Å². The molecule has 0 spiro atoms. The second-order valence-corrected chi connectivity index (χ2v) is 8.66. The molecule has 0 bridgehead atoms. The van der Waals surface area contributed by atoms with Gasteiger partial charge in [-0.3, -0.25) is 9.59 Å². The first-order valence-electron chi connectivity index (χ1n) is 10.9. The van der Waals surface area contributed by atoms with Gasteiger partial charge in [0.2, 0.25) is 11.8 Å². The summed E-state index contributed by atoms with van der Waals surface area (Å²) in [5.74, 6) is 0.526. The highest BCUT2D eigenvalue weighted by Gasteiger charge is 2.22. The minimum absolute atomic E-state index is 0.00446. The molecule has 2 aromatic rings. The Balaban J connectivity index is 1.63. The molecule has 1 aliphatic heterocycles. The first-order valence-corrected chi connectivity index (χ1v) is 11.8. The van der Waals surface area contributed by atoms with Crippen molar-refractivity contribution in [3.63, 3.8) is 0 Å². The van der Waals surface area contributed by atoms with E-state index in [4.69, 9.17) is 10.5 Å². The van der Waals surface area contributed by atoms with Gasteiger partial charge in [-0.15, -0.1) is 10.2 Å². The van der Waals surface area contributed by atoms with E-state index in [1.165, 1.54) is 11.8 Å². The zero-order valence-corrected chi connectivity index (χ0v) is 18.8. The van der Waals surface area contributed by atoms with Gasteiger partial charge in [-0.1, -0.05) is 55.4 Å². The molecule has 2 unspecified atom stereocenters. The van der Waals surface area contributed by atoms with Crippen LogP contribution in [0.4, 0.5) is 0 Å². The van der Waals surface area contributed by atoms with E-state index in [1.807, 2.05) is 34.9 Å². The van der Waals surface area contributed by atoms with Crippen LogP contribution in [-0.2, 0) is 27.3 Å². The van der Waals surface area contributed by atoms with Crippen molar-refractivity contribution in [2.24, 2.45) is 5.73 Å². The molecule has 0 aliphatic carbocycles. The second-order valence-electron chi connectivity index (χ2n) is 7.72. The largest absolute Gasteiger partial charge is 0.376 e. The average molecular weight is 446 g/mol. The summed E-state index contributed by atoms with van der Waals surface area (Å²) in [4.78, 5) is 23.9. The molecule has 0 saturated carbocycles. The predicted molar refractivity (Wildman–Crippen MR) is 119 cm³/mol. The minimum atomic E-state index is -0.372. The smallest absolute Gasteiger partial charge is 0.230 e. The number of benzene rings is 1. The number of nitrogens with two attached hydrogens (primary N) is 1. The Bertz CT molecular complexity index is 852. The molecule has 9 heteroatoms. The monoisotopic (exact) mass is 445 g/mol. The Labute approximate surface area is 187 Å². The van der Waals surface area contributed by atoms with E-state index in [0.29, 0.717) is 23.9 Å². The third-order valence-corrected chi connectivity index (χ3v) is 6.21. The SMILES string of the molecule is CCCC(NC(=O)CSc1nnc(CCC(N)=O)n1CC1CCCO1)c1ccccc1. The highest BCUT2D eigenvalue weighted by molar-refractivity contribution is 7.99. The number of aryl methyl sites for hydroxylation is 1. The number of carbonyl (C=O) groups is 2. The number of thioether (sulfide) groups is 1. The number of aromatic nitrogens is 3. The first kappa shape index (κ1) is 23.3. The van der Waals surface area contributed by atoms with Crippen molar-refractivity contribution >= 4 is 23.6 Å². The van der Waals surface area contributed by atoms with Crippen molar-refractivity contribution in [3.8, 4) is 0 Å². The van der Waals surface area contributed by atoms with Crippen LogP contribution in [0.3, 0.4) is 0 Å². The summed E-state index contributed by atoms with van der Waals surface area (Å²) in [5, 5.41) is 12.3. The fourth-order valence-electron chi connectivity index (χ4n) is 3.68. The number of ether oxygens (including phenoxy) is 1. The summed E-state index contributed by atoms with van der Waals surface area (Å²) in [5.41, 5.74) is 6.41. The van der Waals surface area contributed by atoms with Gasteiger partial charge in [-0.25, -0.2) is 0 Å². The molecular weight excluding hydrogens is 414 g/mol. The maximum Gasteiger partial charge on any atom is 0.230 e. The second kappa shape index (κ2) is 11.9. The van der Waals surface area contributed by atoms with Gasteiger partial charge in [0.05, 0.1) is 24.4 Å². The number of primary amides is 1. The van der Waals surface area contributed by atoms with Crippen molar-refractivity contribution in [2.45, 2.75) is 69.3 Å². The molecule has 1 aromatic heterocycles. The Morgan fingerprint density at radius 1 is 1.32 bits per heavy atom. The van der Waals surface area contributed by atoms with Crippen LogP contribution in [0.15, 0.2) is 35.5 Å². The molecule has 8 nitrogen and oxygen atoms in total. The molecule has 1 saturated heterocycles. The first-order chi connectivity index (χ1) is 15.1. The van der Waals surface area contributed by atoms with Crippen LogP contribution in [0.1, 0.15) is 56.5 Å². The van der Waals surface area contributed by atoms with E-state index >= 15 is 0 Å². The summed E-state index contributed by atoms with van der Waals surface area (Å²) in [6.45, 7) is 3.48. The van der Waals surface area contributed by atoms with Gasteiger partial charge in [0.25, 0.3) is 0 Å². The lowest BCUT2D eigenvalue weighted by molar-refractivity contribution is -0.119. The quantitative estimate of drug-likeness (QED) is 0.486. The highest BCUT2D eigenvalue weighted by atomic mass is 32.2. The Morgan fingerprint density at radius 3 is 2.81 bits per heavy atom. The van der Waals surface area contributed by atoms with Crippen LogP contribution >= 0.6 is 11.8 Å². The van der Waals surface area contributed by atoms with Crippen LogP contribution < -0.4 is 11.1 Å². The summed E-state index contributed by atoms with van der Waals surface area (Å²) < 4.78 is 7.73. The Kier molecular flexibility index (Phi) is 8.90. The Morgan fingerprint density at radius 2 is 2.13 bits per heavy atom. The molecule has 3 N–H and O–H groups in total. The lowest BCUT2D eigenvalue weighted by atomic mass is 10.0. The third-order valence-electron chi connectivity index (χ3n) is 5.25. The molecule has 0 radical (unpaired) electrons. The van der Waals surface area contributed by atoms with E-state index in [0.717, 1.165) is 37.9 Å². The molecule has 31 heavy (non-hydrogen) atoms. The maximum absolute atomic E-state index is 12.7. The van der Waals surface area contributed by atoms with Crippen LogP contribution in [0.25, 0.3) is 0 Å². The zero-order valence-electron chi connectivity index (χ0n) is 18.0. The summed E-state index contributed by atoms with van der Waals surface area (Å²) in [6, 6.07) is 10.0. The van der Waals surface area contributed by atoms with Gasteiger partial charge in [-0.05, 0) is 24.8 Å². The van der Waals surface area contributed by atoms with Crippen molar-refractivity contribution in [1.82, 2.24) is 20.1 Å². The molecule has 1 aromatic carbocycles. The number of nitrogens with zero attached hydrogens (tertiary/aromatic N) is 3. The van der Waals surface area contributed by atoms with E-state index in [2.05, 4.69) is 22.4 Å². The van der Waals surface area contributed by atoms with Crippen LogP contribution in [-0.4, -0.2) is 45.0 Å². The topological polar surface area (TPSA) is 112 Å². The van der Waals surface area contributed by atoms with E-state index in [9.17, 15) is 9.59 Å². The molecule has 2 atom stereocenters. The van der Waals surface area contributed by atoms with Crippen molar-refractivity contribution in [3.05, 3.63) is 41.7 Å². The highest BCUT2D eigenvalue weighted by Crippen LogP contribution is 2.23. The van der Waals surface area contributed by atoms with Crippen LogP contribution in [0.5, 0.6) is 0 Å². The standard InChI is InChI=1S/C22H31N5O3S/c1-2-7-18(16-8-4-3-5-9-16)24-21(29)15-31-22-26-25-20(12-11-19(23)28)27(22)14-17-10-6-13-30-17/h3-5,8-9,17-18H,2,6-7,10-15H2,1H3,(H2,23,28)(H,24,29). The van der Waals surface area contributed by atoms with Crippen LogP contribution in [0, 0.1) is 0 Å². The molecule has 3 rings (SSSR count). The van der Waals surface area contributed by atoms with E-state index in [1.54, 1.807) is 0 Å². The molecule has 2 heterocycles. The summed E-state index contributed by atoms with van der Waals surface area (Å²) in [6.07, 6.45) is 4.61. The fourth-order valence-corrected chi connectivity index (χ4v) is 4.46. The molecule has 168 valence electrons. The predicted octanol–water partition coefficient (Wildman–Crippen LogP) is 2.62. The minimum Gasteiger partial charge on any atom is -0.376 e. The van der Waals surface area contributed by atoms with Gasteiger partial charge in [0.15, 0.2) is 5.16 Å². The molecule has 1 aliphatic rings. The number of hydrogen-bond acceptors (Lipinski definition) is 6. The van der Waals surface area contributed by atoms with Gasteiger partial charge in [-0.2, -0.15) is 0 Å². The maximum atomic E-state index is 12.7. The third kappa shape index (κ3) is 7.07. The van der Waals surface area contributed by atoms with Crippen molar-refractivity contribution in [2.75, 3.05) is 12.4 Å². The van der Waals surface area contributed by atoms with Crippen LogP contribution in [0.2, 0.25) is 0 Å². The lowest BCUT2D eigenvalue weighted by Gasteiger charge is -2.19. The molecule has 1 fully saturated rings. The number of rotatable bonds is 12. The average Bonchev–Trinajstić information content (AvgIpc) is 3.41. The zero-order chi connectivity index (χ0) is 22.1. The van der Waals surface area contributed by atoms with Crippen molar-refractivity contribution < 1.29 is 14.3 Å². The van der Waals surface area contributed by atoms with E-state index in [-0.39, 0.29) is 36.1 Å². The van der Waals surface area contributed by atoms with Gasteiger partial charge in [0, 0.05) is 19.4 Å². The number of amides is 2. The number of carbonyl (C=O) groups excluding carboxylic acids is 2.